The summed E-state index contributed by atoms with van der Waals surface area (Å²) in [6.45, 7) is 0.814. The minimum atomic E-state index is -0.936. The summed E-state index contributed by atoms with van der Waals surface area (Å²) >= 11 is 0. The van der Waals surface area contributed by atoms with E-state index in [0.29, 0.717) is 11.6 Å². The summed E-state index contributed by atoms with van der Waals surface area (Å²) in [5.41, 5.74) is 0.567. The van der Waals surface area contributed by atoms with Gasteiger partial charge in [0.15, 0.2) is 11.6 Å². The zero-order valence-corrected chi connectivity index (χ0v) is 8.52. The maximum atomic E-state index is 13.1. The third kappa shape index (κ3) is 2.37. The van der Waals surface area contributed by atoms with Gasteiger partial charge in [0.05, 0.1) is 7.11 Å². The monoisotopic (exact) mass is 213 g/mol. The van der Waals surface area contributed by atoms with Gasteiger partial charge in [-0.1, -0.05) is 0 Å². The van der Waals surface area contributed by atoms with E-state index in [2.05, 4.69) is 5.32 Å². The second-order valence-corrected chi connectivity index (χ2v) is 3.80. The van der Waals surface area contributed by atoms with Crippen molar-refractivity contribution in [2.75, 3.05) is 19.0 Å². The van der Waals surface area contributed by atoms with E-state index < -0.39 is 11.6 Å². The highest BCUT2D eigenvalue weighted by Gasteiger charge is 2.21. The van der Waals surface area contributed by atoms with Crippen molar-refractivity contribution in [3.05, 3.63) is 23.8 Å². The van der Waals surface area contributed by atoms with Gasteiger partial charge < -0.3 is 10.1 Å². The highest BCUT2D eigenvalue weighted by Crippen LogP contribution is 2.30. The van der Waals surface area contributed by atoms with Gasteiger partial charge in [-0.2, -0.15) is 4.39 Å². The molecule has 4 heteroatoms. The standard InChI is InChI=1S/C11H13F2NO/c1-15-10-5-8(4-9(12)11(10)13)14-6-7-2-3-7/h4-5,7,14H,2-3,6H2,1H3. The van der Waals surface area contributed by atoms with E-state index in [0.717, 1.165) is 12.6 Å². The Morgan fingerprint density at radius 2 is 2.13 bits per heavy atom. The lowest BCUT2D eigenvalue weighted by molar-refractivity contribution is 0.372. The van der Waals surface area contributed by atoms with E-state index in [1.165, 1.54) is 26.0 Å². The number of benzene rings is 1. The Morgan fingerprint density at radius 3 is 2.73 bits per heavy atom. The van der Waals surface area contributed by atoms with Crippen LogP contribution in [0.2, 0.25) is 0 Å². The molecule has 0 aliphatic heterocycles. The molecule has 0 heterocycles. The van der Waals surface area contributed by atoms with Crippen molar-refractivity contribution in [3.8, 4) is 5.75 Å². The molecule has 1 saturated carbocycles. The molecule has 0 radical (unpaired) electrons. The van der Waals surface area contributed by atoms with Gasteiger partial charge in [-0.25, -0.2) is 4.39 Å². The van der Waals surface area contributed by atoms with Crippen LogP contribution in [0.5, 0.6) is 5.75 Å². The van der Waals surface area contributed by atoms with Crippen molar-refractivity contribution in [1.82, 2.24) is 0 Å². The average molecular weight is 213 g/mol. The van der Waals surface area contributed by atoms with Crippen LogP contribution in [-0.2, 0) is 0 Å². The van der Waals surface area contributed by atoms with Gasteiger partial charge in [-0.15, -0.1) is 0 Å². The minimum absolute atomic E-state index is 0.0618. The van der Waals surface area contributed by atoms with Crippen LogP contribution in [0.3, 0.4) is 0 Å². The van der Waals surface area contributed by atoms with E-state index in [4.69, 9.17) is 4.74 Å². The number of halogens is 2. The summed E-state index contributed by atoms with van der Waals surface area (Å²) in [7, 11) is 1.32. The number of anilines is 1. The summed E-state index contributed by atoms with van der Waals surface area (Å²) in [6.07, 6.45) is 2.43. The highest BCUT2D eigenvalue weighted by molar-refractivity contribution is 5.49. The largest absolute Gasteiger partial charge is 0.493 e. The molecule has 0 saturated heterocycles. The third-order valence-electron chi connectivity index (χ3n) is 2.51. The Morgan fingerprint density at radius 1 is 1.40 bits per heavy atom. The van der Waals surface area contributed by atoms with Crippen molar-refractivity contribution in [1.29, 1.82) is 0 Å². The first kappa shape index (κ1) is 10.2. The Bertz CT molecular complexity index is 364. The Kier molecular flexibility index (Phi) is 2.75. The number of hydrogen-bond donors (Lipinski definition) is 1. The van der Waals surface area contributed by atoms with Crippen LogP contribution in [0, 0.1) is 17.6 Å². The average Bonchev–Trinajstić information content (AvgIpc) is 3.03. The molecule has 1 N–H and O–H groups in total. The molecule has 1 aromatic carbocycles. The minimum Gasteiger partial charge on any atom is -0.493 e. The molecule has 1 aromatic rings. The van der Waals surface area contributed by atoms with Crippen LogP contribution in [0.15, 0.2) is 12.1 Å². The van der Waals surface area contributed by atoms with Crippen molar-refractivity contribution < 1.29 is 13.5 Å². The maximum Gasteiger partial charge on any atom is 0.200 e. The van der Waals surface area contributed by atoms with E-state index >= 15 is 0 Å². The maximum absolute atomic E-state index is 13.1. The molecule has 15 heavy (non-hydrogen) atoms. The lowest BCUT2D eigenvalue weighted by Crippen LogP contribution is -2.04. The summed E-state index contributed by atoms with van der Waals surface area (Å²) < 4.78 is 30.9. The zero-order chi connectivity index (χ0) is 10.8. The predicted octanol–water partition coefficient (Wildman–Crippen LogP) is 2.80. The molecular formula is C11H13F2NO. The van der Waals surface area contributed by atoms with Crippen LogP contribution in [0.25, 0.3) is 0 Å². The fourth-order valence-electron chi connectivity index (χ4n) is 1.40. The summed E-state index contributed by atoms with van der Waals surface area (Å²) in [6, 6.07) is 2.63. The predicted molar refractivity (Wildman–Crippen MR) is 54.1 cm³/mol. The first-order valence-electron chi connectivity index (χ1n) is 4.97. The Hall–Kier alpha value is -1.32. The lowest BCUT2D eigenvalue weighted by Gasteiger charge is -2.08. The first-order valence-corrected chi connectivity index (χ1v) is 4.97. The van der Waals surface area contributed by atoms with Gasteiger partial charge in [0.25, 0.3) is 0 Å². The molecule has 1 aliphatic rings. The smallest absolute Gasteiger partial charge is 0.200 e. The van der Waals surface area contributed by atoms with Crippen molar-refractivity contribution >= 4 is 5.69 Å². The molecule has 1 fully saturated rings. The number of ether oxygens (including phenoxy) is 1. The van der Waals surface area contributed by atoms with Crippen LogP contribution < -0.4 is 10.1 Å². The van der Waals surface area contributed by atoms with E-state index in [-0.39, 0.29) is 5.75 Å². The van der Waals surface area contributed by atoms with Crippen molar-refractivity contribution in [3.63, 3.8) is 0 Å². The van der Waals surface area contributed by atoms with Crippen LogP contribution >= 0.6 is 0 Å². The molecule has 82 valence electrons. The summed E-state index contributed by atoms with van der Waals surface area (Å²) in [5.74, 6) is -1.19. The fraction of sp³-hybridized carbons (Fsp3) is 0.455. The SMILES string of the molecule is COc1cc(NCC2CC2)cc(F)c1F. The van der Waals surface area contributed by atoms with Gasteiger partial charge in [-0.3, -0.25) is 0 Å². The van der Waals surface area contributed by atoms with Gasteiger partial charge >= 0.3 is 0 Å². The molecule has 0 spiro atoms. The number of rotatable bonds is 4. The molecule has 0 amide bonds. The van der Waals surface area contributed by atoms with E-state index in [9.17, 15) is 8.78 Å². The molecule has 0 bridgehead atoms. The van der Waals surface area contributed by atoms with E-state index in [1.54, 1.807) is 0 Å². The van der Waals surface area contributed by atoms with Crippen LogP contribution in [0.4, 0.5) is 14.5 Å². The molecule has 2 rings (SSSR count). The quantitative estimate of drug-likeness (QED) is 0.830. The van der Waals surface area contributed by atoms with Crippen LogP contribution in [-0.4, -0.2) is 13.7 Å². The second kappa shape index (κ2) is 4.04. The number of methoxy groups -OCH3 is 1. The summed E-state index contributed by atoms with van der Waals surface area (Å²) in [4.78, 5) is 0. The van der Waals surface area contributed by atoms with Crippen molar-refractivity contribution in [2.45, 2.75) is 12.8 Å². The van der Waals surface area contributed by atoms with Crippen LogP contribution in [0.1, 0.15) is 12.8 Å². The number of hydrogen-bond acceptors (Lipinski definition) is 2. The van der Waals surface area contributed by atoms with Crippen molar-refractivity contribution in [2.24, 2.45) is 5.92 Å². The fourth-order valence-corrected chi connectivity index (χ4v) is 1.40. The lowest BCUT2D eigenvalue weighted by atomic mass is 10.2. The van der Waals surface area contributed by atoms with Gasteiger partial charge in [0, 0.05) is 24.4 Å². The highest BCUT2D eigenvalue weighted by atomic mass is 19.2. The third-order valence-corrected chi connectivity index (χ3v) is 2.51. The topological polar surface area (TPSA) is 21.3 Å². The van der Waals surface area contributed by atoms with Gasteiger partial charge in [0.1, 0.15) is 0 Å². The first-order chi connectivity index (χ1) is 7.20. The summed E-state index contributed by atoms with van der Waals surface area (Å²) in [5, 5.41) is 3.06. The Balaban J connectivity index is 2.12. The molecule has 1 aliphatic carbocycles. The Labute approximate surface area is 87.2 Å². The van der Waals surface area contributed by atoms with Gasteiger partial charge in [-0.05, 0) is 18.8 Å². The molecule has 0 atom stereocenters. The zero-order valence-electron chi connectivity index (χ0n) is 8.52. The normalized spacial score (nSPS) is 15.1. The van der Waals surface area contributed by atoms with E-state index in [1.807, 2.05) is 0 Å². The molecule has 0 unspecified atom stereocenters. The second-order valence-electron chi connectivity index (χ2n) is 3.80. The molecule has 2 nitrogen and oxygen atoms in total. The van der Waals surface area contributed by atoms with Gasteiger partial charge in [0.2, 0.25) is 5.82 Å². The molecule has 0 aromatic heterocycles. The molecular weight excluding hydrogens is 200 g/mol. The number of nitrogens with one attached hydrogen (secondary N) is 1.